The first-order chi connectivity index (χ1) is 20.2. The molecular weight excluding hydrogens is 638 g/mol. The number of carbonyl (C=O) groups excluding carboxylic acids is 4. The molecule has 5 N–H and O–H groups in total. The van der Waals surface area contributed by atoms with E-state index in [-0.39, 0.29) is 70.2 Å². The van der Waals surface area contributed by atoms with Crippen molar-refractivity contribution < 1.29 is 38.6 Å². The van der Waals surface area contributed by atoms with Crippen molar-refractivity contribution in [2.75, 3.05) is 31.6 Å². The highest BCUT2D eigenvalue weighted by Crippen LogP contribution is 2.44. The Hall–Kier alpha value is -4.46. The number of benzene rings is 2. The van der Waals surface area contributed by atoms with E-state index in [0.29, 0.717) is 23.5 Å². The van der Waals surface area contributed by atoms with Crippen LogP contribution in [0.3, 0.4) is 0 Å². The summed E-state index contributed by atoms with van der Waals surface area (Å²) in [5.74, 6) is -2.93. The first-order valence-corrected chi connectivity index (χ1v) is 13.7. The zero-order valence-corrected chi connectivity index (χ0v) is 26.8. The first-order valence-electron chi connectivity index (χ1n) is 13.7. The molecule has 13 nitrogen and oxygen atoms in total. The average molecular weight is 675 g/mol. The maximum absolute atomic E-state index is 13.7. The number of carbonyl (C=O) groups is 5. The molecule has 236 valence electrons. The van der Waals surface area contributed by atoms with Gasteiger partial charge in [0.25, 0.3) is 11.8 Å². The molecule has 0 fully saturated rings. The van der Waals surface area contributed by atoms with E-state index in [2.05, 4.69) is 5.32 Å². The number of anilines is 1. The third-order valence-electron chi connectivity index (χ3n) is 7.21. The van der Waals surface area contributed by atoms with Crippen LogP contribution in [-0.2, 0) is 26.3 Å². The lowest BCUT2D eigenvalue weighted by atomic mass is 9.83. The number of hydrogen-bond acceptors (Lipinski definition) is 8. The Morgan fingerprint density at radius 3 is 2.41 bits per heavy atom. The number of ether oxygens (including phenoxy) is 2. The summed E-state index contributed by atoms with van der Waals surface area (Å²) in [6.45, 7) is 7.25. The Kier molecular flexibility index (Phi) is 10.1. The molecule has 1 unspecified atom stereocenters. The first kappa shape index (κ1) is 34.0. The van der Waals surface area contributed by atoms with E-state index < -0.39 is 42.3 Å². The van der Waals surface area contributed by atoms with E-state index in [0.717, 1.165) is 10.5 Å². The lowest BCUT2D eigenvalue weighted by Gasteiger charge is -2.37. The molecule has 2 aromatic rings. The van der Waals surface area contributed by atoms with Crippen molar-refractivity contribution in [2.24, 2.45) is 5.73 Å². The van der Waals surface area contributed by atoms with E-state index in [1.54, 1.807) is 30.0 Å². The summed E-state index contributed by atoms with van der Waals surface area (Å²) in [6.07, 6.45) is -2.00. The lowest BCUT2D eigenvalue weighted by molar-refractivity contribution is -0.142. The predicted molar refractivity (Wildman–Crippen MR) is 166 cm³/mol. The Morgan fingerprint density at radius 2 is 1.84 bits per heavy atom. The summed E-state index contributed by atoms with van der Waals surface area (Å²) < 4.78 is 11.6. The fraction of sp³-hybridized carbons (Fsp3) is 0.400. The molecule has 44 heavy (non-hydrogen) atoms. The van der Waals surface area contributed by atoms with Gasteiger partial charge in [0.2, 0.25) is 5.91 Å². The predicted octanol–water partition coefficient (Wildman–Crippen LogP) is 2.40. The summed E-state index contributed by atoms with van der Waals surface area (Å²) >= 11 is 0. The number of primary amides is 1. The second-order valence-corrected chi connectivity index (χ2v) is 11.4. The summed E-state index contributed by atoms with van der Waals surface area (Å²) in [5, 5.41) is 20.6. The maximum atomic E-state index is 13.7. The van der Waals surface area contributed by atoms with Crippen LogP contribution in [-0.4, -0.2) is 78.2 Å². The minimum atomic E-state index is -1.38. The van der Waals surface area contributed by atoms with Gasteiger partial charge in [0.1, 0.15) is 23.9 Å². The number of ketones is 1. The maximum Gasteiger partial charge on any atom is 0.307 e. The minimum Gasteiger partial charge on any atom is -0.493 e. The van der Waals surface area contributed by atoms with Gasteiger partial charge in [-0.2, -0.15) is 0 Å². The zero-order chi connectivity index (χ0) is 31.8. The van der Waals surface area contributed by atoms with Crippen molar-refractivity contribution in [2.45, 2.75) is 52.2 Å². The number of aliphatic carboxylic acids is 1. The minimum absolute atomic E-state index is 0. The van der Waals surface area contributed by atoms with Crippen molar-refractivity contribution in [1.29, 1.82) is 5.41 Å². The third-order valence-corrected chi connectivity index (χ3v) is 7.21. The molecule has 0 radical (unpaired) electrons. The number of nitrogens with one attached hydrogen (secondary N) is 2. The molecule has 0 saturated carbocycles. The largest absolute Gasteiger partial charge is 0.493 e. The van der Waals surface area contributed by atoms with Crippen LogP contribution >= 0.6 is 17.0 Å². The molecule has 14 heteroatoms. The summed E-state index contributed by atoms with van der Waals surface area (Å²) in [7, 11) is 1.50. The van der Waals surface area contributed by atoms with Gasteiger partial charge in [-0.1, -0.05) is 20.8 Å². The number of carboxylic acids is 1. The number of fused-ring (bicyclic) bond motifs is 2. The highest BCUT2D eigenvalue weighted by Gasteiger charge is 2.40. The van der Waals surface area contributed by atoms with Gasteiger partial charge in [0, 0.05) is 30.3 Å². The SMILES string of the molecule is Br.CCOc1cc2c(cc1C(=O)NC)C(=N)N(CC(=O)c1cc3c(c(C(C)(C)C)c1)OC(CC(=O)O)C(=O)N3CC(N)=O)C2. The standard InChI is InChI=1S/C30H35N5O8.BrH/c1-6-42-22-9-16-12-34(27(32)17(16)10-18(22)28(40)33-5)13-21(36)15-7-19(30(2,3)4)26-20(8-15)35(14-24(31)37)29(41)23(43-26)11-25(38)39;/h7-10,23,32H,6,11-14H2,1-5H3,(H2,31,37)(H,33,40)(H,38,39);1H. The van der Waals surface area contributed by atoms with Gasteiger partial charge in [-0.15, -0.1) is 17.0 Å². The molecule has 0 spiro atoms. The van der Waals surface area contributed by atoms with Crippen LogP contribution < -0.4 is 25.4 Å². The molecule has 0 saturated heterocycles. The number of nitrogens with two attached hydrogens (primary N) is 1. The normalized spacial score (nSPS) is 15.5. The Bertz CT molecular complexity index is 1550. The van der Waals surface area contributed by atoms with Crippen LogP contribution in [0.25, 0.3) is 0 Å². The van der Waals surface area contributed by atoms with Gasteiger partial charge in [-0.05, 0) is 42.2 Å². The number of nitrogens with zero attached hydrogens (tertiary/aromatic N) is 2. The Labute approximate surface area is 264 Å². The van der Waals surface area contributed by atoms with Crippen molar-refractivity contribution in [1.82, 2.24) is 10.2 Å². The van der Waals surface area contributed by atoms with E-state index >= 15 is 0 Å². The topological polar surface area (TPSA) is 192 Å². The Balaban J connectivity index is 0.00000529. The molecule has 2 aliphatic rings. The van der Waals surface area contributed by atoms with Crippen LogP contribution in [0.2, 0.25) is 0 Å². The number of halogens is 1. The molecule has 3 amide bonds. The van der Waals surface area contributed by atoms with Crippen molar-refractivity contribution >= 4 is 58.0 Å². The number of amides is 3. The number of amidine groups is 1. The van der Waals surface area contributed by atoms with Gasteiger partial charge >= 0.3 is 5.97 Å². The summed E-state index contributed by atoms with van der Waals surface area (Å²) in [5.41, 5.74) is 7.20. The highest BCUT2D eigenvalue weighted by atomic mass is 79.9. The molecular formula is C30H36BrN5O8. The molecule has 0 bridgehead atoms. The third kappa shape index (κ3) is 6.69. The smallest absolute Gasteiger partial charge is 0.307 e. The van der Waals surface area contributed by atoms with E-state index in [1.165, 1.54) is 13.1 Å². The van der Waals surface area contributed by atoms with E-state index in [1.807, 2.05) is 20.8 Å². The number of rotatable bonds is 10. The van der Waals surface area contributed by atoms with Crippen LogP contribution in [0, 0.1) is 5.41 Å². The van der Waals surface area contributed by atoms with Crippen molar-refractivity contribution in [3.05, 3.63) is 52.1 Å². The quantitative estimate of drug-likeness (QED) is 0.274. The van der Waals surface area contributed by atoms with Gasteiger partial charge in [-0.3, -0.25) is 34.3 Å². The van der Waals surface area contributed by atoms with Crippen LogP contribution in [0.5, 0.6) is 11.5 Å². The van der Waals surface area contributed by atoms with Gasteiger partial charge < -0.3 is 30.5 Å². The number of Topliss-reactive ketones (excluding diaryl/α,β-unsaturated/α-hetero) is 1. The summed E-state index contributed by atoms with van der Waals surface area (Å²) in [6, 6.07) is 6.34. The van der Waals surface area contributed by atoms with Gasteiger partial charge in [-0.25, -0.2) is 0 Å². The fourth-order valence-electron chi connectivity index (χ4n) is 5.16. The molecule has 1 atom stereocenters. The summed E-state index contributed by atoms with van der Waals surface area (Å²) in [4.78, 5) is 65.4. The highest BCUT2D eigenvalue weighted by molar-refractivity contribution is 8.93. The van der Waals surface area contributed by atoms with Gasteiger partial charge in [0.15, 0.2) is 11.9 Å². The van der Waals surface area contributed by atoms with Crippen molar-refractivity contribution in [3.63, 3.8) is 0 Å². The second kappa shape index (κ2) is 13.0. The molecule has 4 rings (SSSR count). The molecule has 2 aliphatic heterocycles. The molecule has 0 aromatic heterocycles. The zero-order valence-electron chi connectivity index (χ0n) is 25.1. The van der Waals surface area contributed by atoms with Crippen LogP contribution in [0.15, 0.2) is 24.3 Å². The van der Waals surface area contributed by atoms with Crippen LogP contribution in [0.1, 0.15) is 71.5 Å². The molecule has 2 heterocycles. The number of hydrogen-bond donors (Lipinski definition) is 4. The fourth-order valence-corrected chi connectivity index (χ4v) is 5.16. The second-order valence-electron chi connectivity index (χ2n) is 11.4. The average Bonchev–Trinajstić information content (AvgIpc) is 3.22. The van der Waals surface area contributed by atoms with Crippen molar-refractivity contribution in [3.8, 4) is 11.5 Å². The molecule has 0 aliphatic carbocycles. The number of carboxylic acid groups (broad SMARTS) is 1. The monoisotopic (exact) mass is 673 g/mol. The lowest BCUT2D eigenvalue weighted by Crippen LogP contribution is -2.50. The Morgan fingerprint density at radius 1 is 1.16 bits per heavy atom. The van der Waals surface area contributed by atoms with E-state index in [4.69, 9.17) is 20.6 Å². The van der Waals surface area contributed by atoms with E-state index in [9.17, 15) is 29.1 Å². The van der Waals surface area contributed by atoms with Gasteiger partial charge in [0.05, 0.1) is 30.8 Å². The molecule has 2 aromatic carbocycles. The van der Waals surface area contributed by atoms with Crippen LogP contribution in [0.4, 0.5) is 5.69 Å².